The van der Waals surface area contributed by atoms with Crippen molar-refractivity contribution >= 4 is 24.0 Å². The van der Waals surface area contributed by atoms with Crippen molar-refractivity contribution in [2.75, 3.05) is 33.4 Å². The first-order valence-electron chi connectivity index (χ1n) is 7.08. The van der Waals surface area contributed by atoms with Gasteiger partial charge in [-0.2, -0.15) is 0 Å². The van der Waals surface area contributed by atoms with Crippen molar-refractivity contribution in [3.05, 3.63) is 29.3 Å². The number of methoxy groups -OCH3 is 1. The highest BCUT2D eigenvalue weighted by molar-refractivity contribution is 6.30. The number of hydrogen-bond acceptors (Lipinski definition) is 4. The summed E-state index contributed by atoms with van der Waals surface area (Å²) in [4.78, 5) is 2.39. The molecule has 1 aromatic carbocycles. The first kappa shape index (κ1) is 18.5. The fourth-order valence-corrected chi connectivity index (χ4v) is 2.75. The molecule has 2 atom stereocenters. The lowest BCUT2D eigenvalue weighted by atomic mass is 9.99. The van der Waals surface area contributed by atoms with Crippen LogP contribution in [0.1, 0.15) is 12.8 Å². The van der Waals surface area contributed by atoms with E-state index in [1.165, 1.54) is 0 Å². The SMILES string of the molecule is COC1CCN(CCOc2ccc(Cl)cc2)C(CN)C1.Cl. The van der Waals surface area contributed by atoms with Gasteiger partial charge in [0.05, 0.1) is 6.10 Å². The molecule has 21 heavy (non-hydrogen) atoms. The van der Waals surface area contributed by atoms with Crippen LogP contribution >= 0.6 is 24.0 Å². The molecule has 0 spiro atoms. The Balaban J connectivity index is 0.00000220. The van der Waals surface area contributed by atoms with E-state index in [1.54, 1.807) is 7.11 Å². The highest BCUT2D eigenvalue weighted by Gasteiger charge is 2.27. The lowest BCUT2D eigenvalue weighted by molar-refractivity contribution is 0.00923. The van der Waals surface area contributed by atoms with Crippen LogP contribution in [0.25, 0.3) is 0 Å². The van der Waals surface area contributed by atoms with Crippen LogP contribution in [0.15, 0.2) is 24.3 Å². The number of piperidine rings is 1. The molecule has 120 valence electrons. The molecule has 1 heterocycles. The molecule has 0 radical (unpaired) electrons. The molecule has 2 N–H and O–H groups in total. The molecule has 1 aliphatic rings. The molecular formula is C15H24Cl2N2O2. The Kier molecular flexibility index (Phi) is 8.37. The Bertz CT molecular complexity index is 403. The minimum Gasteiger partial charge on any atom is -0.492 e. The van der Waals surface area contributed by atoms with Crippen LogP contribution in [-0.2, 0) is 4.74 Å². The van der Waals surface area contributed by atoms with Crippen LogP contribution < -0.4 is 10.5 Å². The summed E-state index contributed by atoms with van der Waals surface area (Å²) in [6, 6.07) is 7.84. The summed E-state index contributed by atoms with van der Waals surface area (Å²) in [6.45, 7) is 3.24. The summed E-state index contributed by atoms with van der Waals surface area (Å²) in [5.41, 5.74) is 5.86. The molecule has 0 aliphatic carbocycles. The highest BCUT2D eigenvalue weighted by Crippen LogP contribution is 2.19. The van der Waals surface area contributed by atoms with Crippen LogP contribution in [0.3, 0.4) is 0 Å². The largest absolute Gasteiger partial charge is 0.492 e. The molecule has 4 nitrogen and oxygen atoms in total. The van der Waals surface area contributed by atoms with Gasteiger partial charge in [-0.15, -0.1) is 12.4 Å². The lowest BCUT2D eigenvalue weighted by Crippen LogP contribution is -2.49. The third-order valence-electron chi connectivity index (χ3n) is 3.86. The number of nitrogens with two attached hydrogens (primary N) is 1. The van der Waals surface area contributed by atoms with Crippen LogP contribution in [0.4, 0.5) is 0 Å². The molecule has 1 saturated heterocycles. The van der Waals surface area contributed by atoms with Gasteiger partial charge in [-0.25, -0.2) is 0 Å². The van der Waals surface area contributed by atoms with Gasteiger partial charge in [-0.05, 0) is 37.1 Å². The van der Waals surface area contributed by atoms with Gasteiger partial charge in [0.2, 0.25) is 0 Å². The van der Waals surface area contributed by atoms with E-state index in [1.807, 2.05) is 24.3 Å². The predicted molar refractivity (Wildman–Crippen MR) is 88.6 cm³/mol. The predicted octanol–water partition coefficient (Wildman–Crippen LogP) is 2.58. The third kappa shape index (κ3) is 5.64. The van der Waals surface area contributed by atoms with Crippen molar-refractivity contribution in [2.45, 2.75) is 25.0 Å². The molecular weight excluding hydrogens is 311 g/mol. The number of benzene rings is 1. The van der Waals surface area contributed by atoms with Crippen molar-refractivity contribution in [3.63, 3.8) is 0 Å². The van der Waals surface area contributed by atoms with E-state index >= 15 is 0 Å². The van der Waals surface area contributed by atoms with Gasteiger partial charge in [0.15, 0.2) is 0 Å². The Hall–Kier alpha value is -0.520. The molecule has 0 saturated carbocycles. The third-order valence-corrected chi connectivity index (χ3v) is 4.11. The second-order valence-corrected chi connectivity index (χ2v) is 5.55. The van der Waals surface area contributed by atoms with Gasteiger partial charge in [-0.3, -0.25) is 4.90 Å². The molecule has 1 aromatic rings. The van der Waals surface area contributed by atoms with E-state index in [2.05, 4.69) is 4.90 Å². The van der Waals surface area contributed by atoms with Crippen LogP contribution in [0.2, 0.25) is 5.02 Å². The van der Waals surface area contributed by atoms with Gasteiger partial charge in [0, 0.05) is 37.8 Å². The molecule has 0 aromatic heterocycles. The van der Waals surface area contributed by atoms with E-state index in [0.717, 1.165) is 36.7 Å². The van der Waals surface area contributed by atoms with Crippen LogP contribution in [0.5, 0.6) is 5.75 Å². The van der Waals surface area contributed by atoms with Gasteiger partial charge in [0.1, 0.15) is 12.4 Å². The van der Waals surface area contributed by atoms with E-state index in [9.17, 15) is 0 Å². The van der Waals surface area contributed by atoms with Gasteiger partial charge < -0.3 is 15.2 Å². The van der Waals surface area contributed by atoms with Crippen molar-refractivity contribution in [3.8, 4) is 5.75 Å². The van der Waals surface area contributed by atoms with E-state index in [4.69, 9.17) is 26.8 Å². The zero-order valence-corrected chi connectivity index (χ0v) is 13.9. The maximum absolute atomic E-state index is 5.86. The Morgan fingerprint density at radius 2 is 2.05 bits per heavy atom. The van der Waals surface area contributed by atoms with Gasteiger partial charge >= 0.3 is 0 Å². The fourth-order valence-electron chi connectivity index (χ4n) is 2.63. The summed E-state index contributed by atoms with van der Waals surface area (Å²) in [6.07, 6.45) is 2.42. The number of nitrogens with zero attached hydrogens (tertiary/aromatic N) is 1. The first-order valence-corrected chi connectivity index (χ1v) is 7.46. The summed E-state index contributed by atoms with van der Waals surface area (Å²) in [5.74, 6) is 0.852. The molecule has 0 amide bonds. The molecule has 6 heteroatoms. The Morgan fingerprint density at radius 3 is 2.67 bits per heavy atom. The Labute approximate surface area is 137 Å². The first-order chi connectivity index (χ1) is 9.72. The smallest absolute Gasteiger partial charge is 0.119 e. The normalized spacial score (nSPS) is 22.6. The van der Waals surface area contributed by atoms with Crippen molar-refractivity contribution in [1.29, 1.82) is 0 Å². The second-order valence-electron chi connectivity index (χ2n) is 5.11. The molecule has 2 rings (SSSR count). The van der Waals surface area contributed by atoms with E-state index in [0.29, 0.717) is 25.3 Å². The maximum atomic E-state index is 5.86. The number of rotatable bonds is 6. The molecule has 1 fully saturated rings. The lowest BCUT2D eigenvalue weighted by Gasteiger charge is -2.38. The topological polar surface area (TPSA) is 47.7 Å². The number of hydrogen-bond donors (Lipinski definition) is 1. The van der Waals surface area contributed by atoms with Crippen molar-refractivity contribution < 1.29 is 9.47 Å². The number of ether oxygens (including phenoxy) is 2. The average Bonchev–Trinajstić information content (AvgIpc) is 2.49. The number of halogens is 2. The summed E-state index contributed by atoms with van der Waals surface area (Å²) in [7, 11) is 1.78. The standard InChI is InChI=1S/C15H23ClN2O2.ClH/c1-19-15-6-7-18(13(10-15)11-17)8-9-20-14-4-2-12(16)3-5-14;/h2-5,13,15H,6-11,17H2,1H3;1H. The molecule has 1 aliphatic heterocycles. The summed E-state index contributed by atoms with van der Waals surface area (Å²) < 4.78 is 11.2. The molecule has 0 bridgehead atoms. The zero-order valence-electron chi connectivity index (χ0n) is 12.3. The zero-order chi connectivity index (χ0) is 14.4. The maximum Gasteiger partial charge on any atom is 0.119 e. The van der Waals surface area contributed by atoms with Crippen LogP contribution in [-0.4, -0.2) is 50.4 Å². The Morgan fingerprint density at radius 1 is 1.33 bits per heavy atom. The summed E-state index contributed by atoms with van der Waals surface area (Å²) >= 11 is 5.84. The monoisotopic (exact) mass is 334 g/mol. The van der Waals surface area contributed by atoms with Crippen molar-refractivity contribution in [1.82, 2.24) is 4.90 Å². The fraction of sp³-hybridized carbons (Fsp3) is 0.600. The second kappa shape index (κ2) is 9.49. The quantitative estimate of drug-likeness (QED) is 0.868. The van der Waals surface area contributed by atoms with Gasteiger partial charge in [0.25, 0.3) is 0 Å². The average molecular weight is 335 g/mol. The van der Waals surface area contributed by atoms with E-state index in [-0.39, 0.29) is 12.4 Å². The van der Waals surface area contributed by atoms with Crippen molar-refractivity contribution in [2.24, 2.45) is 5.73 Å². The molecule has 2 unspecified atom stereocenters. The summed E-state index contributed by atoms with van der Waals surface area (Å²) in [5, 5.41) is 0.724. The van der Waals surface area contributed by atoms with E-state index < -0.39 is 0 Å². The number of likely N-dealkylation sites (tertiary alicyclic amines) is 1. The van der Waals surface area contributed by atoms with Crippen LogP contribution in [0, 0.1) is 0 Å². The van der Waals surface area contributed by atoms with Gasteiger partial charge in [-0.1, -0.05) is 11.6 Å². The highest BCUT2D eigenvalue weighted by atomic mass is 35.5. The minimum absolute atomic E-state index is 0. The minimum atomic E-state index is 0.